The van der Waals surface area contributed by atoms with Gasteiger partial charge in [0.25, 0.3) is 0 Å². The zero-order chi connectivity index (χ0) is 17.5. The molecular formula is C19H22N6O. The number of ether oxygens (including phenoxy) is 1. The Kier molecular flexibility index (Phi) is 3.76. The van der Waals surface area contributed by atoms with E-state index in [1.54, 1.807) is 0 Å². The van der Waals surface area contributed by atoms with Gasteiger partial charge < -0.3 is 14.7 Å². The minimum absolute atomic E-state index is 0.398. The van der Waals surface area contributed by atoms with Crippen LogP contribution in [-0.4, -0.2) is 32.8 Å². The van der Waals surface area contributed by atoms with Gasteiger partial charge in [-0.05, 0) is 25.8 Å². The van der Waals surface area contributed by atoms with Crippen molar-refractivity contribution >= 4 is 21.9 Å². The molecule has 3 aromatic rings. The van der Waals surface area contributed by atoms with Gasteiger partial charge in [-0.25, -0.2) is 4.98 Å². The Morgan fingerprint density at radius 2 is 2.04 bits per heavy atom. The number of hydrogen-bond donors (Lipinski definition) is 2. The van der Waals surface area contributed by atoms with E-state index in [1.165, 1.54) is 5.52 Å². The molecule has 26 heavy (non-hydrogen) atoms. The van der Waals surface area contributed by atoms with E-state index >= 15 is 0 Å². The van der Waals surface area contributed by atoms with Crippen LogP contribution in [-0.2, 0) is 11.3 Å². The summed E-state index contributed by atoms with van der Waals surface area (Å²) in [4.78, 5) is 9.55. The molecule has 0 aliphatic carbocycles. The molecule has 2 N–H and O–H groups in total. The predicted octanol–water partition coefficient (Wildman–Crippen LogP) is 2.62. The van der Waals surface area contributed by atoms with Gasteiger partial charge in [-0.15, -0.1) is 5.53 Å². The van der Waals surface area contributed by atoms with Crippen molar-refractivity contribution in [3.05, 3.63) is 48.2 Å². The SMILES string of the molecule is CC1=CN(Cc2nc3cnc4ccccc4c3n2C2CCOCC2)NN1. The van der Waals surface area contributed by atoms with Crippen molar-refractivity contribution in [2.24, 2.45) is 0 Å². The zero-order valence-electron chi connectivity index (χ0n) is 14.8. The first kappa shape index (κ1) is 15.6. The van der Waals surface area contributed by atoms with E-state index in [2.05, 4.69) is 44.9 Å². The molecular weight excluding hydrogens is 328 g/mol. The fourth-order valence-corrected chi connectivity index (χ4v) is 3.92. The molecule has 1 saturated heterocycles. The minimum Gasteiger partial charge on any atom is -0.381 e. The van der Waals surface area contributed by atoms with Gasteiger partial charge >= 0.3 is 0 Å². The molecule has 0 saturated carbocycles. The quantitative estimate of drug-likeness (QED) is 0.757. The van der Waals surface area contributed by atoms with Gasteiger partial charge in [0.15, 0.2) is 0 Å². The van der Waals surface area contributed by atoms with Crippen molar-refractivity contribution in [1.82, 2.24) is 30.5 Å². The van der Waals surface area contributed by atoms with Crippen LogP contribution in [0.3, 0.4) is 0 Å². The Hall–Kier alpha value is -2.64. The van der Waals surface area contributed by atoms with Crippen molar-refractivity contribution in [2.45, 2.75) is 32.4 Å². The highest BCUT2D eigenvalue weighted by Crippen LogP contribution is 2.32. The maximum absolute atomic E-state index is 5.60. The van der Waals surface area contributed by atoms with Crippen LogP contribution >= 0.6 is 0 Å². The second-order valence-corrected chi connectivity index (χ2v) is 6.93. The lowest BCUT2D eigenvalue weighted by Gasteiger charge is -2.27. The number of aromatic nitrogens is 3. The van der Waals surface area contributed by atoms with Crippen LogP contribution in [0.5, 0.6) is 0 Å². The number of para-hydroxylation sites is 1. The molecule has 0 radical (unpaired) electrons. The third kappa shape index (κ3) is 2.60. The molecule has 134 valence electrons. The number of pyridine rings is 1. The van der Waals surface area contributed by atoms with Crippen molar-refractivity contribution in [3.8, 4) is 0 Å². The van der Waals surface area contributed by atoms with Gasteiger partial charge in [-0.3, -0.25) is 9.99 Å². The van der Waals surface area contributed by atoms with Gasteiger partial charge in [0.1, 0.15) is 11.3 Å². The van der Waals surface area contributed by atoms with E-state index in [4.69, 9.17) is 9.72 Å². The summed E-state index contributed by atoms with van der Waals surface area (Å²) in [6.45, 7) is 4.32. The molecule has 0 amide bonds. The highest BCUT2D eigenvalue weighted by atomic mass is 16.5. The van der Waals surface area contributed by atoms with Crippen LogP contribution in [0.25, 0.3) is 21.9 Å². The van der Waals surface area contributed by atoms with Gasteiger partial charge in [-0.2, -0.15) is 0 Å². The smallest absolute Gasteiger partial charge is 0.131 e. The summed E-state index contributed by atoms with van der Waals surface area (Å²) in [7, 11) is 0. The number of hydrogen-bond acceptors (Lipinski definition) is 6. The number of allylic oxidation sites excluding steroid dienone is 1. The first-order valence-electron chi connectivity index (χ1n) is 9.08. The molecule has 4 heterocycles. The third-order valence-corrected chi connectivity index (χ3v) is 5.11. The van der Waals surface area contributed by atoms with Gasteiger partial charge in [0, 0.05) is 36.5 Å². The average Bonchev–Trinajstić information content (AvgIpc) is 3.25. The normalized spacial score (nSPS) is 18.5. The maximum atomic E-state index is 5.60. The zero-order valence-corrected chi connectivity index (χ0v) is 14.8. The van der Waals surface area contributed by atoms with Crippen molar-refractivity contribution in [1.29, 1.82) is 0 Å². The van der Waals surface area contributed by atoms with Gasteiger partial charge in [0.05, 0.1) is 23.8 Å². The molecule has 7 heteroatoms. The molecule has 5 rings (SSSR count). The summed E-state index contributed by atoms with van der Waals surface area (Å²) in [5.41, 5.74) is 10.5. The molecule has 2 aromatic heterocycles. The molecule has 0 unspecified atom stereocenters. The highest BCUT2D eigenvalue weighted by Gasteiger charge is 2.24. The summed E-state index contributed by atoms with van der Waals surface area (Å²) in [5.74, 6) is 1.05. The van der Waals surface area contributed by atoms with Crippen molar-refractivity contribution in [3.63, 3.8) is 0 Å². The summed E-state index contributed by atoms with van der Waals surface area (Å²) in [6, 6.07) is 8.71. The van der Waals surface area contributed by atoms with Crippen molar-refractivity contribution < 1.29 is 4.74 Å². The summed E-state index contributed by atoms with van der Waals surface area (Å²) in [6.07, 6.45) is 5.98. The lowest BCUT2D eigenvalue weighted by molar-refractivity contribution is 0.0692. The van der Waals surface area contributed by atoms with E-state index in [1.807, 2.05) is 24.2 Å². The van der Waals surface area contributed by atoms with Crippen molar-refractivity contribution in [2.75, 3.05) is 13.2 Å². The van der Waals surface area contributed by atoms with Crippen LogP contribution < -0.4 is 11.0 Å². The van der Waals surface area contributed by atoms with E-state index in [9.17, 15) is 0 Å². The summed E-state index contributed by atoms with van der Waals surface area (Å²) < 4.78 is 8.02. The van der Waals surface area contributed by atoms with Gasteiger partial charge in [-0.1, -0.05) is 18.2 Å². The van der Waals surface area contributed by atoms with E-state index in [0.717, 1.165) is 54.0 Å². The minimum atomic E-state index is 0.398. The number of nitrogens with zero attached hydrogens (tertiary/aromatic N) is 4. The maximum Gasteiger partial charge on any atom is 0.131 e. The molecule has 7 nitrogen and oxygen atoms in total. The molecule has 0 atom stereocenters. The standard InChI is InChI=1S/C19H22N6O/c1-13-11-24(23-22-13)12-18-21-17-10-20-16-5-3-2-4-15(16)19(17)25(18)14-6-8-26-9-7-14/h2-5,10-11,14,22-23H,6-9,12H2,1H3. The number of hydrazine groups is 2. The third-order valence-electron chi connectivity index (χ3n) is 5.11. The lowest BCUT2D eigenvalue weighted by atomic mass is 10.1. The average molecular weight is 350 g/mol. The molecule has 0 spiro atoms. The van der Waals surface area contributed by atoms with E-state index in [0.29, 0.717) is 12.6 Å². The summed E-state index contributed by atoms with van der Waals surface area (Å²) in [5, 5.41) is 3.19. The number of nitrogens with one attached hydrogen (secondary N) is 2. The Balaban J connectivity index is 1.68. The lowest BCUT2D eigenvalue weighted by Crippen LogP contribution is -2.36. The second-order valence-electron chi connectivity index (χ2n) is 6.93. The number of benzene rings is 1. The number of imidazole rings is 1. The van der Waals surface area contributed by atoms with Crippen LogP contribution in [0, 0.1) is 0 Å². The van der Waals surface area contributed by atoms with E-state index < -0.39 is 0 Å². The monoisotopic (exact) mass is 350 g/mol. The fourth-order valence-electron chi connectivity index (χ4n) is 3.92. The first-order chi connectivity index (χ1) is 12.8. The van der Waals surface area contributed by atoms with E-state index in [-0.39, 0.29) is 0 Å². The van der Waals surface area contributed by atoms with Crippen LogP contribution in [0.2, 0.25) is 0 Å². The van der Waals surface area contributed by atoms with Crippen LogP contribution in [0.4, 0.5) is 0 Å². The molecule has 1 aromatic carbocycles. The Labute approximate surface area is 151 Å². The second kappa shape index (κ2) is 6.26. The molecule has 1 fully saturated rings. The first-order valence-corrected chi connectivity index (χ1v) is 9.08. The Morgan fingerprint density at radius 3 is 2.85 bits per heavy atom. The molecule has 0 bridgehead atoms. The predicted molar refractivity (Wildman–Crippen MR) is 99.7 cm³/mol. The van der Waals surface area contributed by atoms with Crippen LogP contribution in [0.1, 0.15) is 31.6 Å². The van der Waals surface area contributed by atoms with Gasteiger partial charge in [0.2, 0.25) is 0 Å². The summed E-state index contributed by atoms with van der Waals surface area (Å²) >= 11 is 0. The molecule has 2 aliphatic heterocycles. The number of fused-ring (bicyclic) bond motifs is 3. The largest absolute Gasteiger partial charge is 0.381 e. The Bertz CT molecular complexity index is 988. The molecule has 2 aliphatic rings. The number of rotatable bonds is 3. The Morgan fingerprint density at radius 1 is 1.19 bits per heavy atom. The van der Waals surface area contributed by atoms with Crippen LogP contribution in [0.15, 0.2) is 42.4 Å². The fraction of sp³-hybridized carbons (Fsp3) is 0.368. The highest BCUT2D eigenvalue weighted by molar-refractivity contribution is 6.02. The topological polar surface area (TPSA) is 67.2 Å².